The Labute approximate surface area is 121 Å². The van der Waals surface area contributed by atoms with Crippen LogP contribution in [-0.2, 0) is 0 Å². The standard InChI is InChI=1S/C17H12N4/c1-2-6-16-13(4-1)7-9-19-17(16)21-12-15(11-20-21)14-5-3-8-18-10-14/h1-12H. The molecule has 0 N–H and O–H groups in total. The van der Waals surface area contributed by atoms with Crippen LogP contribution < -0.4 is 0 Å². The Bertz CT molecular complexity index is 891. The molecule has 21 heavy (non-hydrogen) atoms. The highest BCUT2D eigenvalue weighted by molar-refractivity contribution is 5.88. The van der Waals surface area contributed by atoms with Gasteiger partial charge < -0.3 is 0 Å². The van der Waals surface area contributed by atoms with E-state index in [1.54, 1.807) is 6.20 Å². The van der Waals surface area contributed by atoms with Crippen LogP contribution in [0.4, 0.5) is 0 Å². The highest BCUT2D eigenvalue weighted by atomic mass is 15.3. The molecular formula is C17H12N4. The van der Waals surface area contributed by atoms with Gasteiger partial charge in [-0.05, 0) is 17.5 Å². The quantitative estimate of drug-likeness (QED) is 0.561. The van der Waals surface area contributed by atoms with Crippen molar-refractivity contribution in [3.05, 3.63) is 73.4 Å². The van der Waals surface area contributed by atoms with Crippen molar-refractivity contribution < 1.29 is 0 Å². The van der Waals surface area contributed by atoms with Crippen LogP contribution in [-0.4, -0.2) is 19.7 Å². The second-order valence-electron chi connectivity index (χ2n) is 4.77. The van der Waals surface area contributed by atoms with Crippen LogP contribution in [0.15, 0.2) is 73.4 Å². The first kappa shape index (κ1) is 11.8. The summed E-state index contributed by atoms with van der Waals surface area (Å²) in [4.78, 5) is 8.61. The van der Waals surface area contributed by atoms with E-state index >= 15 is 0 Å². The number of rotatable bonds is 2. The zero-order valence-electron chi connectivity index (χ0n) is 11.2. The Hall–Kier alpha value is -3.01. The van der Waals surface area contributed by atoms with Gasteiger partial charge in [0.2, 0.25) is 0 Å². The SMILES string of the molecule is c1cncc(-c2cnn(-c3nccc4ccccc34)c2)c1. The third-order valence-corrected chi connectivity index (χ3v) is 3.45. The molecule has 0 saturated heterocycles. The van der Waals surface area contributed by atoms with Gasteiger partial charge in [0, 0.05) is 41.3 Å². The van der Waals surface area contributed by atoms with Gasteiger partial charge in [-0.15, -0.1) is 0 Å². The van der Waals surface area contributed by atoms with Crippen molar-refractivity contribution in [1.82, 2.24) is 19.7 Å². The lowest BCUT2D eigenvalue weighted by Gasteiger charge is -2.04. The molecule has 0 amide bonds. The van der Waals surface area contributed by atoms with Crippen LogP contribution >= 0.6 is 0 Å². The first-order valence-electron chi connectivity index (χ1n) is 6.71. The Morgan fingerprint density at radius 2 is 1.76 bits per heavy atom. The summed E-state index contributed by atoms with van der Waals surface area (Å²) in [5.41, 5.74) is 2.07. The van der Waals surface area contributed by atoms with Gasteiger partial charge >= 0.3 is 0 Å². The molecule has 3 aromatic heterocycles. The van der Waals surface area contributed by atoms with Gasteiger partial charge in [0.05, 0.1) is 6.20 Å². The first-order valence-corrected chi connectivity index (χ1v) is 6.71. The smallest absolute Gasteiger partial charge is 0.161 e. The molecule has 0 spiro atoms. The van der Waals surface area contributed by atoms with Gasteiger partial charge in [-0.3, -0.25) is 4.98 Å². The van der Waals surface area contributed by atoms with Crippen molar-refractivity contribution in [3.63, 3.8) is 0 Å². The molecule has 4 rings (SSSR count). The van der Waals surface area contributed by atoms with E-state index in [0.29, 0.717) is 0 Å². The Morgan fingerprint density at radius 1 is 0.810 bits per heavy atom. The second-order valence-corrected chi connectivity index (χ2v) is 4.77. The average Bonchev–Trinajstić information content (AvgIpc) is 3.05. The van der Waals surface area contributed by atoms with E-state index in [4.69, 9.17) is 0 Å². The lowest BCUT2D eigenvalue weighted by Crippen LogP contribution is -1.98. The van der Waals surface area contributed by atoms with E-state index in [2.05, 4.69) is 27.2 Å². The minimum atomic E-state index is 0.836. The van der Waals surface area contributed by atoms with Crippen molar-refractivity contribution >= 4 is 10.8 Å². The summed E-state index contributed by atoms with van der Waals surface area (Å²) in [6.07, 6.45) is 9.22. The maximum Gasteiger partial charge on any atom is 0.161 e. The van der Waals surface area contributed by atoms with E-state index in [1.807, 2.05) is 59.8 Å². The summed E-state index contributed by atoms with van der Waals surface area (Å²) in [5.74, 6) is 0.836. The van der Waals surface area contributed by atoms with Crippen molar-refractivity contribution in [2.45, 2.75) is 0 Å². The summed E-state index contributed by atoms with van der Waals surface area (Å²) >= 11 is 0. The van der Waals surface area contributed by atoms with Crippen molar-refractivity contribution in [1.29, 1.82) is 0 Å². The lowest BCUT2D eigenvalue weighted by atomic mass is 10.1. The minimum Gasteiger partial charge on any atom is -0.264 e. The lowest BCUT2D eigenvalue weighted by molar-refractivity contribution is 0.856. The largest absolute Gasteiger partial charge is 0.264 e. The number of fused-ring (bicyclic) bond motifs is 1. The van der Waals surface area contributed by atoms with Crippen molar-refractivity contribution in [2.75, 3.05) is 0 Å². The van der Waals surface area contributed by atoms with Gasteiger partial charge in [0.15, 0.2) is 5.82 Å². The van der Waals surface area contributed by atoms with Crippen LogP contribution in [0.5, 0.6) is 0 Å². The third-order valence-electron chi connectivity index (χ3n) is 3.45. The van der Waals surface area contributed by atoms with Crippen molar-refractivity contribution in [3.8, 4) is 16.9 Å². The van der Waals surface area contributed by atoms with Crippen LogP contribution in [0.1, 0.15) is 0 Å². The first-order chi connectivity index (χ1) is 10.4. The highest BCUT2D eigenvalue weighted by Crippen LogP contribution is 2.22. The van der Waals surface area contributed by atoms with E-state index in [1.165, 1.54) is 0 Å². The van der Waals surface area contributed by atoms with E-state index in [0.717, 1.165) is 27.7 Å². The van der Waals surface area contributed by atoms with Crippen LogP contribution in [0.2, 0.25) is 0 Å². The normalized spacial score (nSPS) is 10.9. The van der Waals surface area contributed by atoms with Gasteiger partial charge in [-0.1, -0.05) is 30.3 Å². The summed E-state index contributed by atoms with van der Waals surface area (Å²) in [5, 5.41) is 6.68. The maximum absolute atomic E-state index is 4.47. The maximum atomic E-state index is 4.47. The number of benzene rings is 1. The fourth-order valence-corrected chi connectivity index (χ4v) is 2.41. The molecule has 0 aliphatic rings. The molecule has 4 aromatic rings. The molecule has 4 heteroatoms. The topological polar surface area (TPSA) is 43.6 Å². The van der Waals surface area contributed by atoms with Gasteiger partial charge in [-0.25, -0.2) is 9.67 Å². The summed E-state index contributed by atoms with van der Waals surface area (Å²) in [6, 6.07) is 14.1. The zero-order chi connectivity index (χ0) is 14.1. The fraction of sp³-hybridized carbons (Fsp3) is 0. The Morgan fingerprint density at radius 3 is 2.67 bits per heavy atom. The van der Waals surface area contributed by atoms with E-state index < -0.39 is 0 Å². The molecule has 100 valence electrons. The predicted molar refractivity (Wildman–Crippen MR) is 82.1 cm³/mol. The average molecular weight is 272 g/mol. The predicted octanol–water partition coefficient (Wildman–Crippen LogP) is 3.48. The number of hydrogen-bond acceptors (Lipinski definition) is 3. The fourth-order valence-electron chi connectivity index (χ4n) is 2.41. The molecule has 3 heterocycles. The number of nitrogens with zero attached hydrogens (tertiary/aromatic N) is 4. The van der Waals surface area contributed by atoms with Crippen LogP contribution in [0.25, 0.3) is 27.7 Å². The molecule has 0 aliphatic carbocycles. The molecule has 0 fully saturated rings. The molecule has 0 atom stereocenters. The summed E-state index contributed by atoms with van der Waals surface area (Å²) < 4.78 is 1.81. The Balaban J connectivity index is 1.85. The molecule has 0 saturated carbocycles. The number of aromatic nitrogens is 4. The number of pyridine rings is 2. The highest BCUT2D eigenvalue weighted by Gasteiger charge is 2.07. The van der Waals surface area contributed by atoms with Gasteiger partial charge in [0.1, 0.15) is 0 Å². The second kappa shape index (κ2) is 4.83. The van der Waals surface area contributed by atoms with E-state index in [-0.39, 0.29) is 0 Å². The minimum absolute atomic E-state index is 0.836. The summed E-state index contributed by atoms with van der Waals surface area (Å²) in [6.45, 7) is 0. The zero-order valence-corrected chi connectivity index (χ0v) is 11.2. The van der Waals surface area contributed by atoms with Crippen LogP contribution in [0, 0.1) is 0 Å². The third kappa shape index (κ3) is 2.07. The molecule has 0 aliphatic heterocycles. The van der Waals surface area contributed by atoms with Crippen LogP contribution in [0.3, 0.4) is 0 Å². The molecular weight excluding hydrogens is 260 g/mol. The molecule has 4 nitrogen and oxygen atoms in total. The number of hydrogen-bond donors (Lipinski definition) is 0. The molecule has 0 unspecified atom stereocenters. The molecule has 0 radical (unpaired) electrons. The summed E-state index contributed by atoms with van der Waals surface area (Å²) in [7, 11) is 0. The Kier molecular flexibility index (Phi) is 2.71. The van der Waals surface area contributed by atoms with Crippen molar-refractivity contribution in [2.24, 2.45) is 0 Å². The van der Waals surface area contributed by atoms with E-state index in [9.17, 15) is 0 Å². The molecule has 1 aromatic carbocycles. The monoisotopic (exact) mass is 272 g/mol. The molecule has 0 bridgehead atoms. The van der Waals surface area contributed by atoms with Gasteiger partial charge in [-0.2, -0.15) is 5.10 Å². The van der Waals surface area contributed by atoms with Gasteiger partial charge in [0.25, 0.3) is 0 Å².